The third-order valence-corrected chi connectivity index (χ3v) is 10.3. The molecule has 13 heteroatoms. The topological polar surface area (TPSA) is 163 Å². The summed E-state index contributed by atoms with van der Waals surface area (Å²) in [6.07, 6.45) is -1.89. The number of carbonyl (C=O) groups is 1. The Kier molecular flexibility index (Phi) is 10.9. The van der Waals surface area contributed by atoms with Crippen LogP contribution in [0.1, 0.15) is 52.2 Å². The Balaban J connectivity index is 1.40. The number of H-pyrrole nitrogens is 1. The summed E-state index contributed by atoms with van der Waals surface area (Å²) in [5.74, 6) is -0.208. The summed E-state index contributed by atoms with van der Waals surface area (Å²) in [6, 6.07) is 13.1. The molecule has 2 aliphatic rings. The first-order valence-corrected chi connectivity index (χ1v) is 17.6. The van der Waals surface area contributed by atoms with Gasteiger partial charge in [-0.2, -0.15) is 4.31 Å². The fourth-order valence-electron chi connectivity index (χ4n) is 6.32. The number of sulfonamides is 1. The maximum atomic E-state index is 14.2. The molecule has 2 aliphatic heterocycles. The van der Waals surface area contributed by atoms with E-state index in [4.69, 9.17) is 14.2 Å². The number of nitrogens with zero attached hydrogens (tertiary/aromatic N) is 2. The highest BCUT2D eigenvalue weighted by atomic mass is 32.2. The van der Waals surface area contributed by atoms with Gasteiger partial charge in [-0.1, -0.05) is 44.2 Å². The van der Waals surface area contributed by atoms with Gasteiger partial charge in [0.05, 0.1) is 41.7 Å². The van der Waals surface area contributed by atoms with E-state index in [2.05, 4.69) is 15.3 Å². The largest absolute Gasteiger partial charge is 0.494 e. The number of hydrogen-bond acceptors (Lipinski definition) is 9. The second-order valence-corrected chi connectivity index (χ2v) is 15.0. The number of benzene rings is 2. The van der Waals surface area contributed by atoms with Crippen molar-refractivity contribution in [1.82, 2.24) is 14.6 Å². The van der Waals surface area contributed by atoms with Crippen LogP contribution in [0.2, 0.25) is 0 Å². The summed E-state index contributed by atoms with van der Waals surface area (Å²) >= 11 is 0. The number of hydrogen-bond donors (Lipinski definition) is 4. The van der Waals surface area contributed by atoms with Crippen molar-refractivity contribution in [1.29, 1.82) is 0 Å². The fraction of sp³-hybridized carbons (Fsp3) is 0.529. The number of carbonyl (C=O) groups excluding carboxylic acids is 1. The van der Waals surface area contributed by atoms with Crippen molar-refractivity contribution in [3.63, 3.8) is 0 Å². The quantitative estimate of drug-likeness (QED) is 0.197. The third kappa shape index (κ3) is 8.15. The van der Waals surface area contributed by atoms with E-state index < -0.39 is 34.4 Å². The first-order valence-electron chi connectivity index (χ1n) is 16.2. The van der Waals surface area contributed by atoms with Crippen molar-refractivity contribution in [3.8, 4) is 5.88 Å². The minimum atomic E-state index is -4.14. The molecule has 3 aromatic rings. The molecular formula is C34H46N4O8S. The van der Waals surface area contributed by atoms with Crippen LogP contribution in [-0.4, -0.2) is 96.6 Å². The average Bonchev–Trinajstić information content (AvgIpc) is 3.71. The minimum Gasteiger partial charge on any atom is -0.494 e. The van der Waals surface area contributed by atoms with Crippen LogP contribution in [0.3, 0.4) is 0 Å². The molecule has 0 spiro atoms. The molecule has 0 radical (unpaired) electrons. The number of ether oxygens (including phenoxy) is 3. The summed E-state index contributed by atoms with van der Waals surface area (Å²) in [7, 11) is -4.14. The molecule has 1 aromatic heterocycles. The molecule has 2 unspecified atom stereocenters. The van der Waals surface area contributed by atoms with E-state index in [0.29, 0.717) is 28.8 Å². The maximum absolute atomic E-state index is 14.2. The zero-order valence-corrected chi connectivity index (χ0v) is 28.4. The summed E-state index contributed by atoms with van der Waals surface area (Å²) in [5.41, 5.74) is 2.44. The zero-order valence-electron chi connectivity index (χ0n) is 27.5. The third-order valence-electron chi connectivity index (χ3n) is 8.47. The molecule has 3 heterocycles. The molecular weight excluding hydrogens is 624 g/mol. The Morgan fingerprint density at radius 2 is 1.87 bits per heavy atom. The average molecular weight is 671 g/mol. The van der Waals surface area contributed by atoms with Crippen LogP contribution in [-0.2, 0) is 30.7 Å². The number of aliphatic hydroxyl groups excluding tert-OH is 1. The molecule has 2 fully saturated rings. The Hall–Kier alpha value is -3.49. The van der Waals surface area contributed by atoms with Crippen LogP contribution in [0, 0.1) is 11.8 Å². The standard InChI is InChI=1S/C34H46N4O8S/c1-20(2)17-38(47(42,43)24-11-12-27-26(16-24)31(32(40)36-27)22(5)35-21(3)4)18-29(39)28(15-23-9-7-6-8-10-23)37-34(41)46-30-19-45-33-25(30)13-14-44-33/h6-12,16,20-21,25,28-30,33,36,39-40H,13-15,17-19H2,1-5H3,(H,37,41)/t25?,28-,29+,30-,33?/m0/s1. The monoisotopic (exact) mass is 670 g/mol. The first kappa shape index (κ1) is 34.8. The van der Waals surface area contributed by atoms with Crippen molar-refractivity contribution in [2.75, 3.05) is 26.3 Å². The first-order chi connectivity index (χ1) is 22.3. The van der Waals surface area contributed by atoms with E-state index in [-0.39, 0.29) is 61.1 Å². The van der Waals surface area contributed by atoms with Gasteiger partial charge in [-0.15, -0.1) is 0 Å². The number of amides is 1. The van der Waals surface area contributed by atoms with Crippen molar-refractivity contribution < 1.29 is 37.6 Å². The molecule has 5 atom stereocenters. The molecule has 5 rings (SSSR count). The predicted octanol–water partition coefficient (Wildman–Crippen LogP) is 4.20. The van der Waals surface area contributed by atoms with Crippen molar-refractivity contribution in [2.24, 2.45) is 16.8 Å². The lowest BCUT2D eigenvalue weighted by molar-refractivity contribution is -0.0907. The lowest BCUT2D eigenvalue weighted by Gasteiger charge is -2.31. The summed E-state index contributed by atoms with van der Waals surface area (Å²) < 4.78 is 46.6. The molecule has 0 bridgehead atoms. The van der Waals surface area contributed by atoms with Gasteiger partial charge in [-0.05, 0) is 63.3 Å². The highest BCUT2D eigenvalue weighted by Crippen LogP contribution is 2.33. The fourth-order valence-corrected chi connectivity index (χ4v) is 7.97. The molecule has 256 valence electrons. The summed E-state index contributed by atoms with van der Waals surface area (Å²) in [5, 5.41) is 25.6. The normalized spacial score (nSPS) is 21.5. The number of aromatic amines is 1. The molecule has 47 heavy (non-hydrogen) atoms. The molecule has 1 amide bonds. The van der Waals surface area contributed by atoms with Crippen LogP contribution in [0.15, 0.2) is 58.4 Å². The number of aliphatic imine (C=N–C) groups is 1. The van der Waals surface area contributed by atoms with Crippen molar-refractivity contribution in [2.45, 2.75) is 82.9 Å². The molecule has 2 aromatic carbocycles. The summed E-state index contributed by atoms with van der Waals surface area (Å²) in [6.45, 7) is 10.0. The van der Waals surface area contributed by atoms with Gasteiger partial charge >= 0.3 is 6.09 Å². The maximum Gasteiger partial charge on any atom is 0.407 e. The van der Waals surface area contributed by atoms with Crippen molar-refractivity contribution >= 4 is 32.7 Å². The SMILES string of the molecule is CC(=NC(C)C)c1c(O)[nH]c2ccc(S(=O)(=O)N(CC(C)C)C[C@@H](O)[C@H](Cc3ccccc3)NC(=O)O[C@H]3COC4OCCC43)cc12. The van der Waals surface area contributed by atoms with Crippen LogP contribution >= 0.6 is 0 Å². The molecule has 4 N–H and O–H groups in total. The Morgan fingerprint density at radius 1 is 1.13 bits per heavy atom. The predicted molar refractivity (Wildman–Crippen MR) is 178 cm³/mol. The molecule has 0 saturated carbocycles. The van der Waals surface area contributed by atoms with E-state index in [1.807, 2.05) is 58.0 Å². The molecule has 2 saturated heterocycles. The minimum absolute atomic E-state index is 0.0111. The number of nitrogens with one attached hydrogen (secondary N) is 2. The van der Waals surface area contributed by atoms with E-state index >= 15 is 0 Å². The highest BCUT2D eigenvalue weighted by Gasteiger charge is 2.44. The van der Waals surface area contributed by atoms with E-state index in [1.54, 1.807) is 13.0 Å². The van der Waals surface area contributed by atoms with Gasteiger partial charge < -0.3 is 34.7 Å². The van der Waals surface area contributed by atoms with Crippen LogP contribution < -0.4 is 5.32 Å². The van der Waals surface area contributed by atoms with Gasteiger partial charge in [0.2, 0.25) is 10.0 Å². The van der Waals surface area contributed by atoms with Crippen LogP contribution in [0.25, 0.3) is 10.9 Å². The second kappa shape index (κ2) is 14.7. The van der Waals surface area contributed by atoms with Gasteiger partial charge in [-0.25, -0.2) is 13.2 Å². The number of aromatic hydroxyl groups is 1. The lowest BCUT2D eigenvalue weighted by atomic mass is 10.0. The van der Waals surface area contributed by atoms with Crippen molar-refractivity contribution in [3.05, 3.63) is 59.7 Å². The smallest absolute Gasteiger partial charge is 0.407 e. The van der Waals surface area contributed by atoms with E-state index in [0.717, 1.165) is 12.0 Å². The van der Waals surface area contributed by atoms with Gasteiger partial charge in [-0.3, -0.25) is 4.99 Å². The van der Waals surface area contributed by atoms with E-state index in [9.17, 15) is 23.4 Å². The summed E-state index contributed by atoms with van der Waals surface area (Å²) in [4.78, 5) is 20.6. The van der Waals surface area contributed by atoms with Gasteiger partial charge in [0.1, 0.15) is 6.10 Å². The van der Waals surface area contributed by atoms with E-state index in [1.165, 1.54) is 16.4 Å². The molecule has 0 aliphatic carbocycles. The lowest BCUT2D eigenvalue weighted by Crippen LogP contribution is -2.51. The Labute approximate surface area is 276 Å². The van der Waals surface area contributed by atoms with Crippen LogP contribution in [0.5, 0.6) is 5.88 Å². The van der Waals surface area contributed by atoms with Gasteiger partial charge in [0.25, 0.3) is 0 Å². The number of rotatable bonds is 13. The second-order valence-electron chi connectivity index (χ2n) is 13.1. The Morgan fingerprint density at radius 3 is 2.57 bits per heavy atom. The van der Waals surface area contributed by atoms with Gasteiger partial charge in [0.15, 0.2) is 12.2 Å². The number of fused-ring (bicyclic) bond motifs is 2. The number of alkyl carbamates (subject to hydrolysis) is 1. The highest BCUT2D eigenvalue weighted by molar-refractivity contribution is 7.89. The molecule has 12 nitrogen and oxygen atoms in total. The Bertz CT molecular complexity index is 1670. The van der Waals surface area contributed by atoms with Crippen LogP contribution in [0.4, 0.5) is 4.79 Å². The van der Waals surface area contributed by atoms with Gasteiger partial charge in [0, 0.05) is 35.7 Å². The number of aromatic nitrogens is 1. The zero-order chi connectivity index (χ0) is 33.9. The number of aliphatic hydroxyl groups is 1.